The number of hydrogen-bond donors (Lipinski definition) is 2. The van der Waals surface area contributed by atoms with Gasteiger partial charge in [0.25, 0.3) is 5.56 Å². The molecule has 110 valence electrons. The van der Waals surface area contributed by atoms with E-state index < -0.39 is 0 Å². The van der Waals surface area contributed by atoms with Crippen LogP contribution in [0.25, 0.3) is 0 Å². The number of nitrogens with zero attached hydrogens (tertiary/aromatic N) is 2. The number of anilines is 1. The minimum Gasteiger partial charge on any atom is -0.381 e. The Morgan fingerprint density at radius 3 is 2.89 bits per heavy atom. The minimum absolute atomic E-state index is 0. The number of aryl methyl sites for hydroxylation is 1. The molecular formula is C11H19BrCl2N4O. The van der Waals surface area contributed by atoms with E-state index in [2.05, 4.69) is 31.7 Å². The van der Waals surface area contributed by atoms with E-state index in [1.54, 1.807) is 13.2 Å². The maximum atomic E-state index is 11.6. The Morgan fingerprint density at radius 1 is 1.53 bits per heavy atom. The monoisotopic (exact) mass is 372 g/mol. The van der Waals surface area contributed by atoms with Crippen LogP contribution in [-0.4, -0.2) is 28.9 Å². The summed E-state index contributed by atoms with van der Waals surface area (Å²) >= 11 is 3.30. The van der Waals surface area contributed by atoms with Crippen LogP contribution in [0.15, 0.2) is 15.5 Å². The molecule has 0 radical (unpaired) electrons. The Hall–Kier alpha value is -0.300. The molecule has 1 aliphatic rings. The molecule has 1 aliphatic heterocycles. The van der Waals surface area contributed by atoms with Crippen LogP contribution in [0.4, 0.5) is 5.69 Å². The summed E-state index contributed by atoms with van der Waals surface area (Å²) in [7, 11) is 1.64. The van der Waals surface area contributed by atoms with Gasteiger partial charge in [-0.1, -0.05) is 6.42 Å². The van der Waals surface area contributed by atoms with Gasteiger partial charge < -0.3 is 10.6 Å². The van der Waals surface area contributed by atoms with Crippen LogP contribution in [0.3, 0.4) is 0 Å². The maximum absolute atomic E-state index is 11.6. The largest absolute Gasteiger partial charge is 0.381 e. The van der Waals surface area contributed by atoms with E-state index in [9.17, 15) is 4.79 Å². The predicted molar refractivity (Wildman–Crippen MR) is 85.8 cm³/mol. The minimum atomic E-state index is -0.119. The molecule has 1 fully saturated rings. The molecule has 0 saturated carbocycles. The number of hydrogen-bond acceptors (Lipinski definition) is 4. The highest BCUT2D eigenvalue weighted by molar-refractivity contribution is 9.10. The molecule has 2 N–H and O–H groups in total. The van der Waals surface area contributed by atoms with Gasteiger partial charge in [0, 0.05) is 19.6 Å². The van der Waals surface area contributed by atoms with Crippen molar-refractivity contribution in [2.75, 3.05) is 18.4 Å². The standard InChI is InChI=1S/C11H17BrN4O.2ClH/c1-16-11(17)10(12)9(7-15-16)14-6-8-4-2-3-5-13-8;;/h7-8,13-14H,2-6H2,1H3;2*1H. The molecule has 0 amide bonds. The highest BCUT2D eigenvalue weighted by atomic mass is 79.9. The van der Waals surface area contributed by atoms with Gasteiger partial charge in [-0.25, -0.2) is 4.68 Å². The zero-order valence-electron chi connectivity index (χ0n) is 10.7. The summed E-state index contributed by atoms with van der Waals surface area (Å²) in [5.41, 5.74) is 0.645. The van der Waals surface area contributed by atoms with Gasteiger partial charge in [-0.05, 0) is 35.3 Å². The van der Waals surface area contributed by atoms with Crippen molar-refractivity contribution in [1.29, 1.82) is 0 Å². The van der Waals surface area contributed by atoms with Crippen molar-refractivity contribution in [1.82, 2.24) is 15.1 Å². The Bertz CT molecular complexity index is 449. The van der Waals surface area contributed by atoms with Crippen LogP contribution in [-0.2, 0) is 7.05 Å². The average molecular weight is 374 g/mol. The van der Waals surface area contributed by atoms with Crippen molar-refractivity contribution in [2.45, 2.75) is 25.3 Å². The van der Waals surface area contributed by atoms with Gasteiger partial charge in [-0.2, -0.15) is 5.10 Å². The first-order valence-corrected chi connectivity index (χ1v) is 6.67. The Morgan fingerprint density at radius 2 is 2.26 bits per heavy atom. The predicted octanol–water partition coefficient (Wildman–Crippen LogP) is 1.94. The zero-order chi connectivity index (χ0) is 12.3. The molecule has 0 aromatic carbocycles. The summed E-state index contributed by atoms with van der Waals surface area (Å²) in [5, 5.41) is 10.7. The van der Waals surface area contributed by atoms with Gasteiger partial charge in [-0.3, -0.25) is 4.79 Å². The number of nitrogens with one attached hydrogen (secondary N) is 2. The molecular weight excluding hydrogens is 355 g/mol. The van der Waals surface area contributed by atoms with Crippen LogP contribution >= 0.6 is 40.7 Å². The molecule has 2 heterocycles. The average Bonchev–Trinajstić information content (AvgIpc) is 2.36. The number of aromatic nitrogens is 2. The molecule has 1 aromatic rings. The maximum Gasteiger partial charge on any atom is 0.282 e. The lowest BCUT2D eigenvalue weighted by molar-refractivity contribution is 0.414. The Kier molecular flexibility index (Phi) is 8.65. The van der Waals surface area contributed by atoms with Crippen molar-refractivity contribution in [3.8, 4) is 0 Å². The molecule has 0 spiro atoms. The van der Waals surface area contributed by atoms with Gasteiger partial charge in [0.15, 0.2) is 0 Å². The van der Waals surface area contributed by atoms with E-state index in [0.29, 0.717) is 10.5 Å². The van der Waals surface area contributed by atoms with Crippen LogP contribution < -0.4 is 16.2 Å². The van der Waals surface area contributed by atoms with Gasteiger partial charge in [0.1, 0.15) is 4.47 Å². The third kappa shape index (κ3) is 4.95. The number of rotatable bonds is 3. The van der Waals surface area contributed by atoms with Crippen molar-refractivity contribution in [2.24, 2.45) is 7.05 Å². The highest BCUT2D eigenvalue weighted by Crippen LogP contribution is 2.16. The lowest BCUT2D eigenvalue weighted by Crippen LogP contribution is -2.39. The van der Waals surface area contributed by atoms with Gasteiger partial charge in [0.05, 0.1) is 11.9 Å². The quantitative estimate of drug-likeness (QED) is 0.849. The second-order valence-corrected chi connectivity index (χ2v) is 5.12. The second-order valence-electron chi connectivity index (χ2n) is 4.33. The topological polar surface area (TPSA) is 59.0 Å². The molecule has 1 unspecified atom stereocenters. The first kappa shape index (κ1) is 18.7. The SMILES string of the molecule is Cl.Cl.Cn1ncc(NCC2CCCCN2)c(Br)c1=O. The summed E-state index contributed by atoms with van der Waals surface area (Å²) in [6, 6.07) is 0.486. The molecule has 19 heavy (non-hydrogen) atoms. The number of piperidine rings is 1. The zero-order valence-corrected chi connectivity index (χ0v) is 13.9. The van der Waals surface area contributed by atoms with E-state index in [0.717, 1.165) is 18.8 Å². The lowest BCUT2D eigenvalue weighted by atomic mass is 10.1. The summed E-state index contributed by atoms with van der Waals surface area (Å²) < 4.78 is 1.86. The van der Waals surface area contributed by atoms with E-state index in [1.165, 1.54) is 23.9 Å². The molecule has 8 heteroatoms. The van der Waals surface area contributed by atoms with Crippen molar-refractivity contribution in [3.63, 3.8) is 0 Å². The molecule has 1 aromatic heterocycles. The van der Waals surface area contributed by atoms with Crippen LogP contribution in [0.5, 0.6) is 0 Å². The molecule has 1 saturated heterocycles. The van der Waals surface area contributed by atoms with Crippen LogP contribution in [0.1, 0.15) is 19.3 Å². The highest BCUT2D eigenvalue weighted by Gasteiger charge is 2.13. The van der Waals surface area contributed by atoms with E-state index in [4.69, 9.17) is 0 Å². The second kappa shape index (κ2) is 8.79. The van der Waals surface area contributed by atoms with E-state index in [-0.39, 0.29) is 30.4 Å². The smallest absolute Gasteiger partial charge is 0.282 e. The van der Waals surface area contributed by atoms with Gasteiger partial charge in [0.2, 0.25) is 0 Å². The third-order valence-electron chi connectivity index (χ3n) is 3.03. The normalized spacial score (nSPS) is 18.1. The van der Waals surface area contributed by atoms with Crippen LogP contribution in [0, 0.1) is 0 Å². The lowest BCUT2D eigenvalue weighted by Gasteiger charge is -2.24. The molecule has 5 nitrogen and oxygen atoms in total. The van der Waals surface area contributed by atoms with Crippen molar-refractivity contribution in [3.05, 3.63) is 21.0 Å². The fourth-order valence-electron chi connectivity index (χ4n) is 1.97. The van der Waals surface area contributed by atoms with Gasteiger partial charge in [-0.15, -0.1) is 24.8 Å². The molecule has 0 aliphatic carbocycles. The van der Waals surface area contributed by atoms with Crippen LogP contribution in [0.2, 0.25) is 0 Å². The van der Waals surface area contributed by atoms with Crippen molar-refractivity contribution >= 4 is 46.4 Å². The van der Waals surface area contributed by atoms with Gasteiger partial charge >= 0.3 is 0 Å². The summed E-state index contributed by atoms with van der Waals surface area (Å²) in [6.45, 7) is 1.91. The number of halogens is 3. The van der Waals surface area contributed by atoms with E-state index >= 15 is 0 Å². The fraction of sp³-hybridized carbons (Fsp3) is 0.636. The molecule has 1 atom stereocenters. The molecule has 0 bridgehead atoms. The summed E-state index contributed by atoms with van der Waals surface area (Å²) in [5.74, 6) is 0. The third-order valence-corrected chi connectivity index (χ3v) is 3.80. The Balaban J connectivity index is 0.00000162. The fourth-order valence-corrected chi connectivity index (χ4v) is 2.46. The molecule has 2 rings (SSSR count). The van der Waals surface area contributed by atoms with E-state index in [1.807, 2.05) is 0 Å². The Labute approximate surface area is 133 Å². The van der Waals surface area contributed by atoms with Crippen molar-refractivity contribution < 1.29 is 0 Å². The first-order chi connectivity index (χ1) is 8.18. The first-order valence-electron chi connectivity index (χ1n) is 5.87. The summed E-state index contributed by atoms with van der Waals surface area (Å²) in [4.78, 5) is 11.6. The summed E-state index contributed by atoms with van der Waals surface area (Å²) in [6.07, 6.45) is 5.39.